The number of carbonyl (C=O) groups is 2. The van der Waals surface area contributed by atoms with Gasteiger partial charge in [-0.3, -0.25) is 9.59 Å². The maximum Gasteiger partial charge on any atom is 0.309 e. The Morgan fingerprint density at radius 1 is 1.32 bits per heavy atom. The normalized spacial score (nSPS) is 16.8. The van der Waals surface area contributed by atoms with Crippen molar-refractivity contribution in [2.24, 2.45) is 5.41 Å². The zero-order valence-electron chi connectivity index (χ0n) is 13.5. The first-order chi connectivity index (χ1) is 10.2. The fourth-order valence-corrected chi connectivity index (χ4v) is 2.38. The van der Waals surface area contributed by atoms with E-state index >= 15 is 0 Å². The minimum absolute atomic E-state index is 0.187. The van der Waals surface area contributed by atoms with E-state index < -0.39 is 17.5 Å². The molecule has 22 heavy (non-hydrogen) atoms. The van der Waals surface area contributed by atoms with E-state index in [2.05, 4.69) is 11.4 Å². The van der Waals surface area contributed by atoms with Crippen LogP contribution >= 0.6 is 0 Å². The Kier molecular flexibility index (Phi) is 4.44. The van der Waals surface area contributed by atoms with Gasteiger partial charge in [-0.1, -0.05) is 6.07 Å². The first kappa shape index (κ1) is 16.3. The van der Waals surface area contributed by atoms with Crippen LogP contribution in [-0.4, -0.2) is 29.6 Å². The van der Waals surface area contributed by atoms with E-state index in [0.717, 1.165) is 16.9 Å². The van der Waals surface area contributed by atoms with Crippen LogP contribution in [0.2, 0.25) is 0 Å². The lowest BCUT2D eigenvalue weighted by atomic mass is 9.90. The number of hydrogen-bond donors (Lipinski definition) is 2. The summed E-state index contributed by atoms with van der Waals surface area (Å²) in [4.78, 5) is 23.2. The van der Waals surface area contributed by atoms with Gasteiger partial charge in [-0.2, -0.15) is 0 Å². The molecule has 1 amide bonds. The van der Waals surface area contributed by atoms with E-state index in [1.54, 1.807) is 13.8 Å². The van der Waals surface area contributed by atoms with Gasteiger partial charge in [0.05, 0.1) is 5.41 Å². The Hall–Kier alpha value is -2.04. The van der Waals surface area contributed by atoms with Crippen LogP contribution in [0.5, 0.6) is 5.75 Å². The van der Waals surface area contributed by atoms with Gasteiger partial charge in [0.1, 0.15) is 5.75 Å². The summed E-state index contributed by atoms with van der Waals surface area (Å²) in [6, 6.07) is 4.02. The fourth-order valence-electron chi connectivity index (χ4n) is 2.38. The number of ether oxygens (including phenoxy) is 1. The summed E-state index contributed by atoms with van der Waals surface area (Å²) < 4.78 is 5.71. The Morgan fingerprint density at radius 3 is 2.59 bits per heavy atom. The third-order valence-corrected chi connectivity index (χ3v) is 4.27. The molecular weight excluding hydrogens is 282 g/mol. The van der Waals surface area contributed by atoms with Gasteiger partial charge >= 0.3 is 5.97 Å². The number of benzene rings is 1. The molecule has 1 unspecified atom stereocenters. The molecule has 0 radical (unpaired) electrons. The summed E-state index contributed by atoms with van der Waals surface area (Å²) in [5.41, 5.74) is 2.53. The number of carbonyl (C=O) groups excluding carboxylic acids is 1. The molecule has 1 atom stereocenters. The molecular formula is C17H23NO4. The number of hydrogen-bond acceptors (Lipinski definition) is 3. The molecule has 1 aliphatic rings. The van der Waals surface area contributed by atoms with Gasteiger partial charge < -0.3 is 15.2 Å². The molecule has 2 rings (SSSR count). The Labute approximate surface area is 130 Å². The maximum atomic E-state index is 12.2. The van der Waals surface area contributed by atoms with Crippen molar-refractivity contribution < 1.29 is 19.4 Å². The topological polar surface area (TPSA) is 75.6 Å². The van der Waals surface area contributed by atoms with Crippen molar-refractivity contribution in [1.82, 2.24) is 5.32 Å². The molecule has 1 aliphatic heterocycles. The number of carboxylic acid groups (broad SMARTS) is 1. The van der Waals surface area contributed by atoms with Crippen molar-refractivity contribution in [2.45, 2.75) is 46.6 Å². The zero-order chi connectivity index (χ0) is 16.5. The second-order valence-corrected chi connectivity index (χ2v) is 6.58. The van der Waals surface area contributed by atoms with Crippen molar-refractivity contribution in [3.05, 3.63) is 28.8 Å². The van der Waals surface area contributed by atoms with Crippen molar-refractivity contribution in [1.29, 1.82) is 0 Å². The van der Waals surface area contributed by atoms with Crippen LogP contribution in [0.25, 0.3) is 0 Å². The highest BCUT2D eigenvalue weighted by atomic mass is 16.5. The predicted molar refractivity (Wildman–Crippen MR) is 83.1 cm³/mol. The summed E-state index contributed by atoms with van der Waals surface area (Å²) in [5.74, 6) is -0.279. The largest absolute Gasteiger partial charge is 0.481 e. The third kappa shape index (κ3) is 3.40. The second-order valence-electron chi connectivity index (χ2n) is 6.58. The molecule has 1 aromatic carbocycles. The minimum Gasteiger partial charge on any atom is -0.481 e. The van der Waals surface area contributed by atoms with Crippen LogP contribution in [0.1, 0.15) is 37.0 Å². The van der Waals surface area contributed by atoms with E-state index in [-0.39, 0.29) is 5.91 Å². The molecule has 0 saturated carbocycles. The lowest BCUT2D eigenvalue weighted by molar-refractivity contribution is -0.147. The van der Waals surface area contributed by atoms with Gasteiger partial charge in [0, 0.05) is 13.0 Å². The molecule has 0 fully saturated rings. The highest BCUT2D eigenvalue weighted by molar-refractivity contribution is 5.82. The smallest absolute Gasteiger partial charge is 0.309 e. The van der Waals surface area contributed by atoms with Crippen molar-refractivity contribution >= 4 is 11.9 Å². The molecule has 0 bridgehead atoms. The quantitative estimate of drug-likeness (QED) is 0.874. The highest BCUT2D eigenvalue weighted by Crippen LogP contribution is 2.31. The number of amides is 1. The van der Waals surface area contributed by atoms with Crippen LogP contribution in [0.3, 0.4) is 0 Å². The summed E-state index contributed by atoms with van der Waals surface area (Å²) in [6.07, 6.45) is 0.417. The Morgan fingerprint density at radius 2 is 1.95 bits per heavy atom. The van der Waals surface area contributed by atoms with Gasteiger partial charge in [0.15, 0.2) is 6.10 Å². The van der Waals surface area contributed by atoms with E-state index in [4.69, 9.17) is 9.84 Å². The lowest BCUT2D eigenvalue weighted by Gasteiger charge is -2.19. The fraction of sp³-hybridized carbons (Fsp3) is 0.529. The van der Waals surface area contributed by atoms with Crippen molar-refractivity contribution in [3.8, 4) is 5.75 Å². The van der Waals surface area contributed by atoms with Crippen LogP contribution < -0.4 is 10.1 Å². The third-order valence-electron chi connectivity index (χ3n) is 4.27. The monoisotopic (exact) mass is 305 g/mol. The highest BCUT2D eigenvalue weighted by Gasteiger charge is 2.31. The Bertz CT molecular complexity index is 576. The van der Waals surface area contributed by atoms with E-state index in [1.165, 1.54) is 5.56 Å². The van der Waals surface area contributed by atoms with Gasteiger partial charge in [0.2, 0.25) is 0 Å². The first-order valence-corrected chi connectivity index (χ1v) is 7.48. The molecule has 5 heteroatoms. The van der Waals surface area contributed by atoms with E-state index in [1.807, 2.05) is 19.9 Å². The number of nitrogens with one attached hydrogen (secondary N) is 1. The maximum absolute atomic E-state index is 12.2. The molecule has 0 spiro atoms. The molecule has 5 nitrogen and oxygen atoms in total. The summed E-state index contributed by atoms with van der Waals surface area (Å²) >= 11 is 0. The van der Waals surface area contributed by atoms with Crippen LogP contribution in [-0.2, 0) is 16.0 Å². The van der Waals surface area contributed by atoms with E-state index in [9.17, 15) is 9.59 Å². The van der Waals surface area contributed by atoms with Crippen LogP contribution in [0.15, 0.2) is 12.1 Å². The van der Waals surface area contributed by atoms with Gasteiger partial charge in [-0.15, -0.1) is 0 Å². The standard InChI is InChI=1S/C17H23NO4/c1-10-7-12-9-14(22-13(12)8-11(10)2)15(19)18-6-5-17(3,4)16(20)21/h7-8,14H,5-6,9H2,1-4H3,(H,18,19)(H,20,21). The van der Waals surface area contributed by atoms with Gasteiger partial charge in [0.25, 0.3) is 5.91 Å². The van der Waals surface area contributed by atoms with Crippen LogP contribution in [0.4, 0.5) is 0 Å². The Balaban J connectivity index is 1.90. The van der Waals surface area contributed by atoms with Crippen molar-refractivity contribution in [3.63, 3.8) is 0 Å². The molecule has 0 aliphatic carbocycles. The first-order valence-electron chi connectivity index (χ1n) is 7.48. The SMILES string of the molecule is Cc1cc2c(cc1C)OC(C(=O)NCCC(C)(C)C(=O)O)C2. The summed E-state index contributed by atoms with van der Waals surface area (Å²) in [6.45, 7) is 7.67. The molecule has 1 aromatic rings. The average Bonchev–Trinajstić information content (AvgIpc) is 2.81. The lowest BCUT2D eigenvalue weighted by Crippen LogP contribution is -2.39. The van der Waals surface area contributed by atoms with Gasteiger partial charge in [-0.25, -0.2) is 0 Å². The molecule has 1 heterocycles. The zero-order valence-corrected chi connectivity index (χ0v) is 13.5. The molecule has 120 valence electrons. The number of carboxylic acids is 1. The number of aryl methyl sites for hydroxylation is 2. The van der Waals surface area contributed by atoms with Crippen LogP contribution in [0, 0.1) is 19.3 Å². The number of aliphatic carboxylic acids is 1. The molecule has 2 N–H and O–H groups in total. The van der Waals surface area contributed by atoms with Crippen molar-refractivity contribution in [2.75, 3.05) is 6.54 Å². The summed E-state index contributed by atoms with van der Waals surface area (Å²) in [5, 5.41) is 11.8. The average molecular weight is 305 g/mol. The molecule has 0 aromatic heterocycles. The summed E-state index contributed by atoms with van der Waals surface area (Å²) in [7, 11) is 0. The number of fused-ring (bicyclic) bond motifs is 1. The van der Waals surface area contributed by atoms with Gasteiger partial charge in [-0.05, 0) is 56.9 Å². The molecule has 0 saturated heterocycles. The number of rotatable bonds is 5. The van der Waals surface area contributed by atoms with E-state index in [0.29, 0.717) is 19.4 Å². The second kappa shape index (κ2) is 5.99. The minimum atomic E-state index is -0.864. The predicted octanol–water partition coefficient (Wildman–Crippen LogP) is 2.22.